The summed E-state index contributed by atoms with van der Waals surface area (Å²) in [5.41, 5.74) is 7.49. The molecule has 1 heterocycles. The maximum absolute atomic E-state index is 6.22. The van der Waals surface area contributed by atoms with E-state index in [1.807, 2.05) is 0 Å². The van der Waals surface area contributed by atoms with Gasteiger partial charge in [-0.25, -0.2) is 4.98 Å². The van der Waals surface area contributed by atoms with Crippen molar-refractivity contribution in [1.29, 1.82) is 0 Å². The van der Waals surface area contributed by atoms with Crippen molar-refractivity contribution in [1.82, 2.24) is 4.98 Å². The minimum atomic E-state index is 0.0702. The molecule has 1 aromatic heterocycles. The van der Waals surface area contributed by atoms with E-state index in [1.165, 1.54) is 36.4 Å². The van der Waals surface area contributed by atoms with Crippen molar-refractivity contribution in [2.45, 2.75) is 57.4 Å². The fraction of sp³-hybridized carbons (Fsp3) is 0.750. The Balaban J connectivity index is 2.00. The molecule has 2 nitrogen and oxygen atoms in total. The monoisotopic (exact) mass is 224 g/mol. The summed E-state index contributed by atoms with van der Waals surface area (Å²) in [5, 5.41) is 3.46. The highest BCUT2D eigenvalue weighted by molar-refractivity contribution is 7.09. The summed E-state index contributed by atoms with van der Waals surface area (Å²) < 4.78 is 0. The van der Waals surface area contributed by atoms with Gasteiger partial charge in [-0.1, -0.05) is 13.8 Å². The summed E-state index contributed by atoms with van der Waals surface area (Å²) >= 11 is 1.79. The van der Waals surface area contributed by atoms with E-state index in [1.54, 1.807) is 11.3 Å². The highest BCUT2D eigenvalue weighted by Gasteiger charge is 2.33. The van der Waals surface area contributed by atoms with Gasteiger partial charge in [-0.3, -0.25) is 0 Å². The lowest BCUT2D eigenvalue weighted by Gasteiger charge is -2.37. The molecule has 0 radical (unpaired) electrons. The highest BCUT2D eigenvalue weighted by Crippen LogP contribution is 2.33. The summed E-state index contributed by atoms with van der Waals surface area (Å²) in [6, 6.07) is 0. The van der Waals surface area contributed by atoms with Gasteiger partial charge < -0.3 is 5.73 Å². The third-order valence-corrected chi connectivity index (χ3v) is 4.61. The summed E-state index contributed by atoms with van der Waals surface area (Å²) in [6.07, 6.45) is 5.77. The first-order chi connectivity index (χ1) is 7.13. The van der Waals surface area contributed by atoms with Gasteiger partial charge in [0.2, 0.25) is 0 Å². The first-order valence-corrected chi connectivity index (χ1v) is 6.74. The van der Waals surface area contributed by atoms with E-state index in [-0.39, 0.29) is 5.54 Å². The first kappa shape index (κ1) is 11.1. The van der Waals surface area contributed by atoms with E-state index in [0.29, 0.717) is 5.92 Å². The van der Waals surface area contributed by atoms with Gasteiger partial charge in [0.15, 0.2) is 0 Å². The topological polar surface area (TPSA) is 38.9 Å². The van der Waals surface area contributed by atoms with E-state index in [2.05, 4.69) is 24.2 Å². The molecule has 2 N–H and O–H groups in total. The molecular weight excluding hydrogens is 204 g/mol. The van der Waals surface area contributed by atoms with E-state index in [0.717, 1.165) is 6.42 Å². The zero-order valence-electron chi connectivity index (χ0n) is 9.62. The highest BCUT2D eigenvalue weighted by atomic mass is 32.1. The van der Waals surface area contributed by atoms with Crippen LogP contribution in [0.2, 0.25) is 0 Å². The van der Waals surface area contributed by atoms with Crippen LogP contribution in [0.5, 0.6) is 0 Å². The normalized spacial score (nSPS) is 21.0. The molecule has 0 aliphatic heterocycles. The number of nitrogens with zero attached hydrogens (tertiary/aromatic N) is 1. The molecule has 1 atom stereocenters. The van der Waals surface area contributed by atoms with Crippen LogP contribution in [0, 0.1) is 0 Å². The second kappa shape index (κ2) is 4.22. The van der Waals surface area contributed by atoms with Gasteiger partial charge >= 0.3 is 0 Å². The maximum atomic E-state index is 6.22. The Morgan fingerprint density at radius 2 is 2.33 bits per heavy atom. The number of rotatable bonds is 4. The molecule has 1 aromatic rings. The maximum Gasteiger partial charge on any atom is 0.0956 e. The fourth-order valence-corrected chi connectivity index (χ4v) is 2.93. The molecule has 3 heteroatoms. The Bertz CT molecular complexity index is 328. The molecule has 15 heavy (non-hydrogen) atoms. The lowest BCUT2D eigenvalue weighted by atomic mass is 9.75. The minimum absolute atomic E-state index is 0.0702. The van der Waals surface area contributed by atoms with Gasteiger partial charge in [0.25, 0.3) is 0 Å². The van der Waals surface area contributed by atoms with E-state index >= 15 is 0 Å². The zero-order chi connectivity index (χ0) is 10.9. The third-order valence-electron chi connectivity index (χ3n) is 3.49. The third kappa shape index (κ3) is 2.40. The van der Waals surface area contributed by atoms with Crippen LogP contribution in [0.1, 0.15) is 56.2 Å². The second-order valence-corrected chi connectivity index (χ2v) is 5.77. The van der Waals surface area contributed by atoms with Crippen molar-refractivity contribution in [3.63, 3.8) is 0 Å². The molecular formula is C12H20N2S. The molecule has 0 spiro atoms. The molecule has 1 saturated carbocycles. The van der Waals surface area contributed by atoms with Crippen LogP contribution in [0.3, 0.4) is 0 Å². The van der Waals surface area contributed by atoms with Crippen LogP contribution in [0.25, 0.3) is 0 Å². The average Bonchev–Trinajstić information content (AvgIpc) is 2.62. The smallest absolute Gasteiger partial charge is 0.0956 e. The Kier molecular flexibility index (Phi) is 3.12. The molecule has 84 valence electrons. The molecule has 0 bridgehead atoms. The zero-order valence-corrected chi connectivity index (χ0v) is 10.4. The fourth-order valence-electron chi connectivity index (χ4n) is 1.97. The van der Waals surface area contributed by atoms with Gasteiger partial charge in [-0.2, -0.15) is 0 Å². The SMILES string of the molecule is CCC(C)c1nc(CC2(N)CCC2)cs1. The standard InChI is InChI=1S/C12H20N2S/c1-3-9(2)11-14-10(8-15-11)7-12(13)5-4-6-12/h8-9H,3-7,13H2,1-2H3. The number of hydrogen-bond donors (Lipinski definition) is 1. The average molecular weight is 224 g/mol. The summed E-state index contributed by atoms with van der Waals surface area (Å²) in [6.45, 7) is 4.45. The van der Waals surface area contributed by atoms with Gasteiger partial charge in [0.05, 0.1) is 10.7 Å². The van der Waals surface area contributed by atoms with E-state index < -0.39 is 0 Å². The number of nitrogens with two attached hydrogens (primary N) is 1. The first-order valence-electron chi connectivity index (χ1n) is 5.86. The minimum Gasteiger partial charge on any atom is -0.325 e. The molecule has 1 aliphatic rings. The van der Waals surface area contributed by atoms with Crippen LogP contribution >= 0.6 is 11.3 Å². The largest absolute Gasteiger partial charge is 0.325 e. The molecule has 0 aromatic carbocycles. The van der Waals surface area contributed by atoms with E-state index in [4.69, 9.17) is 5.73 Å². The Labute approximate surface area is 95.9 Å². The number of hydrogen-bond acceptors (Lipinski definition) is 3. The van der Waals surface area contributed by atoms with Gasteiger partial charge in [-0.05, 0) is 25.7 Å². The lowest BCUT2D eigenvalue weighted by molar-refractivity contribution is 0.246. The number of thiazole rings is 1. The molecule has 1 fully saturated rings. The predicted molar refractivity (Wildman–Crippen MR) is 65.3 cm³/mol. The second-order valence-electron chi connectivity index (χ2n) is 4.88. The molecule has 0 saturated heterocycles. The quantitative estimate of drug-likeness (QED) is 0.853. The molecule has 1 unspecified atom stereocenters. The van der Waals surface area contributed by atoms with Crippen molar-refractivity contribution >= 4 is 11.3 Å². The van der Waals surface area contributed by atoms with Crippen molar-refractivity contribution in [3.05, 3.63) is 16.1 Å². The van der Waals surface area contributed by atoms with E-state index in [9.17, 15) is 0 Å². The Morgan fingerprint density at radius 1 is 1.60 bits per heavy atom. The summed E-state index contributed by atoms with van der Waals surface area (Å²) in [4.78, 5) is 4.69. The lowest BCUT2D eigenvalue weighted by Crippen LogP contribution is -2.48. The van der Waals surface area contributed by atoms with Crippen LogP contribution < -0.4 is 5.73 Å². The van der Waals surface area contributed by atoms with Crippen LogP contribution in [0.4, 0.5) is 0 Å². The van der Waals surface area contributed by atoms with Crippen molar-refractivity contribution < 1.29 is 0 Å². The molecule has 0 amide bonds. The Hall–Kier alpha value is -0.410. The summed E-state index contributed by atoms with van der Waals surface area (Å²) in [7, 11) is 0. The van der Waals surface area contributed by atoms with Crippen molar-refractivity contribution in [2.75, 3.05) is 0 Å². The van der Waals surface area contributed by atoms with Crippen LogP contribution in [-0.4, -0.2) is 10.5 Å². The van der Waals surface area contributed by atoms with Crippen molar-refractivity contribution in [3.8, 4) is 0 Å². The molecule has 1 aliphatic carbocycles. The van der Waals surface area contributed by atoms with Gasteiger partial charge in [-0.15, -0.1) is 11.3 Å². The van der Waals surface area contributed by atoms with Crippen molar-refractivity contribution in [2.24, 2.45) is 5.73 Å². The van der Waals surface area contributed by atoms with Crippen LogP contribution in [-0.2, 0) is 6.42 Å². The predicted octanol–water partition coefficient (Wildman–Crippen LogP) is 3.08. The van der Waals surface area contributed by atoms with Gasteiger partial charge in [0.1, 0.15) is 0 Å². The number of aromatic nitrogens is 1. The van der Waals surface area contributed by atoms with Gasteiger partial charge in [0, 0.05) is 23.3 Å². The Morgan fingerprint density at radius 3 is 2.87 bits per heavy atom. The molecule has 2 rings (SSSR count). The summed E-state index contributed by atoms with van der Waals surface area (Å²) in [5.74, 6) is 0.596. The van der Waals surface area contributed by atoms with Crippen LogP contribution in [0.15, 0.2) is 5.38 Å².